The molecular formula is C9H10N2O2S. The average molecular weight is 210 g/mol. The van der Waals surface area contributed by atoms with Crippen LogP contribution in [0.3, 0.4) is 0 Å². The Hall–Kier alpha value is -1.36. The minimum absolute atomic E-state index is 0.0314. The fraction of sp³-hybridized carbons (Fsp3) is 0.222. The highest BCUT2D eigenvalue weighted by Crippen LogP contribution is 2.24. The fourth-order valence-electron chi connectivity index (χ4n) is 1.43. The molecule has 0 aliphatic carbocycles. The van der Waals surface area contributed by atoms with Gasteiger partial charge in [0.1, 0.15) is 5.88 Å². The Morgan fingerprint density at radius 2 is 1.93 bits per heavy atom. The third-order valence-corrected chi connectivity index (χ3v) is 3.62. The third kappa shape index (κ3) is 1.29. The molecule has 0 bridgehead atoms. The molecule has 1 heterocycles. The van der Waals surface area contributed by atoms with Crippen LogP contribution in [0.5, 0.6) is 0 Å². The molecule has 1 aromatic rings. The summed E-state index contributed by atoms with van der Waals surface area (Å²) in [4.78, 5) is 5.43. The molecular weight excluding hydrogens is 200 g/mol. The van der Waals surface area contributed by atoms with Gasteiger partial charge in [0.15, 0.2) is 0 Å². The van der Waals surface area contributed by atoms with Crippen molar-refractivity contribution in [3.8, 4) is 0 Å². The molecule has 74 valence electrons. The van der Waals surface area contributed by atoms with E-state index in [0.29, 0.717) is 0 Å². The van der Waals surface area contributed by atoms with Crippen LogP contribution in [0.4, 0.5) is 5.69 Å². The highest BCUT2D eigenvalue weighted by molar-refractivity contribution is 8.09. The monoisotopic (exact) mass is 210 g/mol. The summed E-state index contributed by atoms with van der Waals surface area (Å²) in [6.45, 7) is 0. The van der Waals surface area contributed by atoms with Crippen molar-refractivity contribution in [2.24, 2.45) is 4.99 Å². The number of nitrogens with zero attached hydrogens (tertiary/aromatic N) is 2. The molecule has 2 rings (SSSR count). The predicted octanol–water partition coefficient (Wildman–Crippen LogP) is 0.865. The molecule has 0 saturated carbocycles. The molecule has 0 aromatic heterocycles. The maximum atomic E-state index is 11.3. The predicted molar refractivity (Wildman–Crippen MR) is 56.1 cm³/mol. The molecule has 14 heavy (non-hydrogen) atoms. The zero-order valence-electron chi connectivity index (χ0n) is 7.71. The number of anilines is 1. The number of aliphatic imine (C=N–C) groups is 1. The standard InChI is InChI=1S/C9H10N2O2S/c1-10-9-11(7-14(9,12)13)8-5-3-2-4-6-8/h2-6H,7H2,1H3. The van der Waals surface area contributed by atoms with Crippen molar-refractivity contribution in [2.75, 3.05) is 17.8 Å². The van der Waals surface area contributed by atoms with Crippen molar-refractivity contribution in [3.05, 3.63) is 30.3 Å². The Morgan fingerprint density at radius 3 is 2.43 bits per heavy atom. The van der Waals surface area contributed by atoms with Crippen molar-refractivity contribution < 1.29 is 8.42 Å². The number of sulfone groups is 1. The largest absolute Gasteiger partial charge is 0.302 e. The molecule has 1 aromatic carbocycles. The number of benzene rings is 1. The molecule has 0 radical (unpaired) electrons. The molecule has 0 atom stereocenters. The summed E-state index contributed by atoms with van der Waals surface area (Å²) in [5, 5.41) is 0.156. The summed E-state index contributed by atoms with van der Waals surface area (Å²) >= 11 is 0. The fourth-order valence-corrected chi connectivity index (χ4v) is 2.73. The Morgan fingerprint density at radius 1 is 1.29 bits per heavy atom. The van der Waals surface area contributed by atoms with Crippen molar-refractivity contribution in [1.29, 1.82) is 0 Å². The van der Waals surface area contributed by atoms with Gasteiger partial charge in [-0.3, -0.25) is 4.99 Å². The second-order valence-corrected chi connectivity index (χ2v) is 4.87. The van der Waals surface area contributed by atoms with Crippen LogP contribution in [-0.2, 0) is 9.84 Å². The molecule has 1 saturated heterocycles. The summed E-state index contributed by atoms with van der Waals surface area (Å²) < 4.78 is 22.5. The van der Waals surface area contributed by atoms with Crippen molar-refractivity contribution in [3.63, 3.8) is 0 Å². The summed E-state index contributed by atoms with van der Waals surface area (Å²) in [6, 6.07) is 9.35. The maximum absolute atomic E-state index is 11.3. The van der Waals surface area contributed by atoms with E-state index < -0.39 is 9.84 Å². The van der Waals surface area contributed by atoms with E-state index in [1.165, 1.54) is 7.05 Å². The van der Waals surface area contributed by atoms with Gasteiger partial charge in [0.05, 0.1) is 0 Å². The first-order valence-corrected chi connectivity index (χ1v) is 5.82. The summed E-state index contributed by atoms with van der Waals surface area (Å²) in [5.41, 5.74) is 0.864. The molecule has 1 aliphatic rings. The first-order valence-electron chi connectivity index (χ1n) is 4.17. The summed E-state index contributed by atoms with van der Waals surface area (Å²) in [7, 11) is -1.61. The lowest BCUT2D eigenvalue weighted by Crippen LogP contribution is -2.52. The van der Waals surface area contributed by atoms with Crippen LogP contribution in [0.15, 0.2) is 35.3 Å². The summed E-state index contributed by atoms with van der Waals surface area (Å²) in [6.07, 6.45) is 0. The van der Waals surface area contributed by atoms with Crippen LogP contribution in [0.1, 0.15) is 0 Å². The zero-order valence-corrected chi connectivity index (χ0v) is 8.53. The maximum Gasteiger partial charge on any atom is 0.229 e. The normalized spacial score (nSPS) is 22.1. The van der Waals surface area contributed by atoms with E-state index in [2.05, 4.69) is 4.99 Å². The lowest BCUT2D eigenvalue weighted by atomic mass is 10.3. The molecule has 0 N–H and O–H groups in total. The Kier molecular flexibility index (Phi) is 2.03. The van der Waals surface area contributed by atoms with E-state index >= 15 is 0 Å². The van der Waals surface area contributed by atoms with Crippen molar-refractivity contribution >= 4 is 20.7 Å². The molecule has 1 aliphatic heterocycles. The molecule has 1 fully saturated rings. The number of amidine groups is 1. The number of para-hydroxylation sites is 1. The second kappa shape index (κ2) is 3.09. The van der Waals surface area contributed by atoms with E-state index in [-0.39, 0.29) is 11.0 Å². The Labute approximate surface area is 82.8 Å². The van der Waals surface area contributed by atoms with Gasteiger partial charge in [-0.1, -0.05) is 18.2 Å². The van der Waals surface area contributed by atoms with Gasteiger partial charge < -0.3 is 4.90 Å². The third-order valence-electron chi connectivity index (χ3n) is 2.07. The number of hydrogen-bond acceptors (Lipinski definition) is 3. The smallest absolute Gasteiger partial charge is 0.229 e. The van der Waals surface area contributed by atoms with Crippen molar-refractivity contribution in [1.82, 2.24) is 0 Å². The van der Waals surface area contributed by atoms with Crippen LogP contribution in [0, 0.1) is 0 Å². The molecule has 0 amide bonds. The number of rotatable bonds is 1. The van der Waals surface area contributed by atoms with Gasteiger partial charge in [-0.05, 0) is 12.1 Å². The Bertz CT molecular complexity index is 465. The van der Waals surface area contributed by atoms with Gasteiger partial charge in [-0.15, -0.1) is 0 Å². The zero-order chi connectivity index (χ0) is 10.2. The average Bonchev–Trinajstić information content (AvgIpc) is 2.17. The van der Waals surface area contributed by atoms with Crippen LogP contribution in [0.25, 0.3) is 0 Å². The highest BCUT2D eigenvalue weighted by atomic mass is 32.2. The SMILES string of the molecule is CN=C1N(c2ccccc2)CS1(=O)=O. The van der Waals surface area contributed by atoms with Crippen molar-refractivity contribution in [2.45, 2.75) is 0 Å². The van der Waals surface area contributed by atoms with Gasteiger partial charge in [-0.25, -0.2) is 8.42 Å². The van der Waals surface area contributed by atoms with Crippen LogP contribution >= 0.6 is 0 Å². The van der Waals surface area contributed by atoms with Gasteiger partial charge in [0.25, 0.3) is 0 Å². The minimum atomic E-state index is -3.09. The quantitative estimate of drug-likeness (QED) is 0.691. The van der Waals surface area contributed by atoms with E-state index in [1.54, 1.807) is 4.90 Å². The molecule has 4 nitrogen and oxygen atoms in total. The first kappa shape index (κ1) is 9.21. The lowest BCUT2D eigenvalue weighted by molar-refractivity contribution is 0.601. The van der Waals surface area contributed by atoms with Crippen LogP contribution < -0.4 is 4.90 Å². The summed E-state index contributed by atoms with van der Waals surface area (Å²) in [5.74, 6) is 0.0314. The Balaban J connectivity index is 2.34. The van der Waals surface area contributed by atoms with E-state index in [4.69, 9.17) is 0 Å². The minimum Gasteiger partial charge on any atom is -0.302 e. The topological polar surface area (TPSA) is 49.7 Å². The number of hydrogen-bond donors (Lipinski definition) is 0. The van der Waals surface area contributed by atoms with Crippen LogP contribution in [0.2, 0.25) is 0 Å². The molecule has 0 unspecified atom stereocenters. The highest BCUT2D eigenvalue weighted by Gasteiger charge is 2.39. The van der Waals surface area contributed by atoms with Gasteiger partial charge in [0.2, 0.25) is 15.0 Å². The van der Waals surface area contributed by atoms with E-state index in [9.17, 15) is 8.42 Å². The van der Waals surface area contributed by atoms with Gasteiger partial charge in [0, 0.05) is 12.7 Å². The van der Waals surface area contributed by atoms with E-state index in [0.717, 1.165) is 5.69 Å². The second-order valence-electron chi connectivity index (χ2n) is 3.01. The first-order chi connectivity index (χ1) is 6.65. The van der Waals surface area contributed by atoms with Gasteiger partial charge >= 0.3 is 0 Å². The lowest BCUT2D eigenvalue weighted by Gasteiger charge is -2.33. The van der Waals surface area contributed by atoms with E-state index in [1.807, 2.05) is 30.3 Å². The van der Waals surface area contributed by atoms with Gasteiger partial charge in [-0.2, -0.15) is 0 Å². The van der Waals surface area contributed by atoms with Crippen LogP contribution in [-0.4, -0.2) is 26.5 Å². The molecule has 0 spiro atoms. The molecule has 5 heteroatoms.